The Morgan fingerprint density at radius 3 is 2.12 bits per heavy atom. The monoisotopic (exact) mass is 441 g/mol. The molecule has 0 radical (unpaired) electrons. The summed E-state index contributed by atoms with van der Waals surface area (Å²) in [6.07, 6.45) is -3.25. The topological polar surface area (TPSA) is 41.6 Å². The molecule has 0 amide bonds. The van der Waals surface area contributed by atoms with Crippen molar-refractivity contribution in [1.82, 2.24) is 9.78 Å². The molecule has 1 aliphatic rings. The van der Waals surface area contributed by atoms with Crippen LogP contribution in [0.15, 0.2) is 18.3 Å². The number of hydrogen-bond acceptors (Lipinski definition) is 2. The fourth-order valence-electron chi connectivity index (χ4n) is 3.00. The zero-order valence-electron chi connectivity index (χ0n) is 13.3. The second-order valence-corrected chi connectivity index (χ2v) is 8.48. The summed E-state index contributed by atoms with van der Waals surface area (Å²) in [6, 6.07) is 3.51. The molecule has 1 aliphatic carbocycles. The highest BCUT2D eigenvalue weighted by Crippen LogP contribution is 2.69. The predicted molar refractivity (Wildman–Crippen MR) is 94.3 cm³/mol. The number of nitriles is 1. The summed E-state index contributed by atoms with van der Waals surface area (Å²) < 4.78 is 38.7. The van der Waals surface area contributed by atoms with E-state index in [0.717, 1.165) is 12.1 Å². The molecule has 2 unspecified atom stereocenters. The van der Waals surface area contributed by atoms with E-state index in [2.05, 4.69) is 5.10 Å². The maximum Gasteiger partial charge on any atom is 0.416 e. The highest BCUT2D eigenvalue weighted by atomic mass is 35.5. The lowest BCUT2D eigenvalue weighted by molar-refractivity contribution is -0.137. The van der Waals surface area contributed by atoms with E-state index < -0.39 is 21.5 Å². The SMILES string of the molecule is CC1C(Cl)(Cl)C1(C)c1nn(-c2c(Cl)cc(C(F)(F)F)cc2Cl)cc1C#N. The van der Waals surface area contributed by atoms with Crippen LogP contribution in [0.2, 0.25) is 10.0 Å². The van der Waals surface area contributed by atoms with Crippen molar-refractivity contribution < 1.29 is 13.2 Å². The number of halogens is 7. The molecular weight excluding hydrogens is 433 g/mol. The Morgan fingerprint density at radius 1 is 1.23 bits per heavy atom. The molecule has 2 atom stereocenters. The number of alkyl halides is 5. The minimum absolute atomic E-state index is 0.0377. The van der Waals surface area contributed by atoms with Crippen LogP contribution in [0.1, 0.15) is 30.7 Å². The molecule has 1 fully saturated rings. The van der Waals surface area contributed by atoms with Gasteiger partial charge in [-0.15, -0.1) is 23.2 Å². The second-order valence-electron chi connectivity index (χ2n) is 6.28. The largest absolute Gasteiger partial charge is 0.416 e. The fraction of sp³-hybridized carbons (Fsp3) is 0.375. The minimum atomic E-state index is -4.59. The summed E-state index contributed by atoms with van der Waals surface area (Å²) in [6.45, 7) is 3.58. The van der Waals surface area contributed by atoms with Crippen molar-refractivity contribution in [2.24, 2.45) is 5.92 Å². The van der Waals surface area contributed by atoms with Crippen molar-refractivity contribution in [1.29, 1.82) is 5.26 Å². The van der Waals surface area contributed by atoms with E-state index in [1.165, 1.54) is 10.9 Å². The second kappa shape index (κ2) is 5.93. The third-order valence-corrected chi connectivity index (χ3v) is 6.93. The Kier molecular flexibility index (Phi) is 4.48. The average Bonchev–Trinajstić information content (AvgIpc) is 2.87. The summed E-state index contributed by atoms with van der Waals surface area (Å²) in [7, 11) is 0. The molecule has 0 bridgehead atoms. The van der Waals surface area contributed by atoms with Gasteiger partial charge in [-0.1, -0.05) is 37.0 Å². The first-order valence-electron chi connectivity index (χ1n) is 7.30. The molecule has 0 saturated heterocycles. The Bertz CT molecular complexity index is 922. The lowest BCUT2D eigenvalue weighted by Crippen LogP contribution is -2.13. The van der Waals surface area contributed by atoms with Crippen molar-refractivity contribution in [3.05, 3.63) is 45.2 Å². The molecule has 10 heteroatoms. The van der Waals surface area contributed by atoms with Crippen molar-refractivity contribution in [3.63, 3.8) is 0 Å². The van der Waals surface area contributed by atoms with E-state index in [1.807, 2.05) is 13.0 Å². The van der Waals surface area contributed by atoms with Gasteiger partial charge in [-0.2, -0.15) is 23.5 Å². The Balaban J connectivity index is 2.15. The Hall–Kier alpha value is -1.13. The number of aromatic nitrogens is 2. The summed E-state index contributed by atoms with van der Waals surface area (Å²) in [4.78, 5) is 0. The maximum absolute atomic E-state index is 12.9. The van der Waals surface area contributed by atoms with Gasteiger partial charge < -0.3 is 0 Å². The van der Waals surface area contributed by atoms with Gasteiger partial charge in [0.25, 0.3) is 0 Å². The van der Waals surface area contributed by atoms with Gasteiger partial charge in [0.2, 0.25) is 0 Å². The van der Waals surface area contributed by atoms with E-state index in [0.29, 0.717) is 5.69 Å². The summed E-state index contributed by atoms with van der Waals surface area (Å²) >= 11 is 24.6. The number of nitrogens with zero attached hydrogens (tertiary/aromatic N) is 3. The molecule has 2 aromatic rings. The molecule has 26 heavy (non-hydrogen) atoms. The molecule has 1 aromatic heterocycles. The van der Waals surface area contributed by atoms with Gasteiger partial charge in [0.1, 0.15) is 16.1 Å². The van der Waals surface area contributed by atoms with Gasteiger partial charge in [-0.25, -0.2) is 4.68 Å². The molecule has 0 aliphatic heterocycles. The van der Waals surface area contributed by atoms with E-state index in [-0.39, 0.29) is 27.2 Å². The highest BCUT2D eigenvalue weighted by Gasteiger charge is 2.73. The molecule has 0 spiro atoms. The number of benzene rings is 1. The normalized spacial score (nSPS) is 24.4. The minimum Gasteiger partial charge on any atom is -0.236 e. The molecule has 0 N–H and O–H groups in total. The van der Waals surface area contributed by atoms with E-state index in [1.54, 1.807) is 6.92 Å². The van der Waals surface area contributed by atoms with Crippen LogP contribution >= 0.6 is 46.4 Å². The van der Waals surface area contributed by atoms with Crippen LogP contribution in [0.3, 0.4) is 0 Å². The van der Waals surface area contributed by atoms with Crippen molar-refractivity contribution in [3.8, 4) is 11.8 Å². The van der Waals surface area contributed by atoms with E-state index >= 15 is 0 Å². The van der Waals surface area contributed by atoms with Crippen molar-refractivity contribution in [2.45, 2.75) is 29.8 Å². The van der Waals surface area contributed by atoms with Gasteiger partial charge in [0.05, 0.1) is 32.3 Å². The zero-order chi connectivity index (χ0) is 19.7. The van der Waals surface area contributed by atoms with Crippen LogP contribution in [-0.4, -0.2) is 14.1 Å². The quantitative estimate of drug-likeness (QED) is 0.523. The van der Waals surface area contributed by atoms with Crippen LogP contribution in [0.4, 0.5) is 13.2 Å². The first kappa shape index (κ1) is 19.6. The third-order valence-electron chi connectivity index (χ3n) is 4.92. The van der Waals surface area contributed by atoms with E-state index in [4.69, 9.17) is 46.4 Å². The van der Waals surface area contributed by atoms with Crippen LogP contribution in [0, 0.1) is 17.2 Å². The van der Waals surface area contributed by atoms with Crippen LogP contribution < -0.4 is 0 Å². The van der Waals surface area contributed by atoms with E-state index in [9.17, 15) is 18.4 Å². The summed E-state index contributed by atoms with van der Waals surface area (Å²) in [5, 5.41) is 13.2. The molecule has 1 heterocycles. The van der Waals surface area contributed by atoms with Gasteiger partial charge in [-0.05, 0) is 12.1 Å². The Morgan fingerprint density at radius 2 is 1.73 bits per heavy atom. The first-order chi connectivity index (χ1) is 11.9. The third kappa shape index (κ3) is 2.68. The van der Waals surface area contributed by atoms with Gasteiger partial charge in [-0.3, -0.25) is 0 Å². The zero-order valence-corrected chi connectivity index (χ0v) is 16.3. The van der Waals surface area contributed by atoms with Gasteiger partial charge in [0.15, 0.2) is 0 Å². The molecule has 138 valence electrons. The number of rotatable bonds is 2. The lowest BCUT2D eigenvalue weighted by atomic mass is 9.99. The maximum atomic E-state index is 12.9. The van der Waals surface area contributed by atoms with Crippen molar-refractivity contribution >= 4 is 46.4 Å². The summed E-state index contributed by atoms with van der Waals surface area (Å²) in [5.74, 6) is -0.174. The summed E-state index contributed by atoms with van der Waals surface area (Å²) in [5.41, 5.74) is -1.20. The predicted octanol–water partition coefficient (Wildman–Crippen LogP) is 6.15. The molecular formula is C16H10Cl4F3N3. The van der Waals surface area contributed by atoms with Gasteiger partial charge >= 0.3 is 6.18 Å². The van der Waals surface area contributed by atoms with Gasteiger partial charge in [0, 0.05) is 12.1 Å². The van der Waals surface area contributed by atoms with Crippen molar-refractivity contribution in [2.75, 3.05) is 0 Å². The van der Waals surface area contributed by atoms with Crippen LogP contribution in [0.25, 0.3) is 5.69 Å². The van der Waals surface area contributed by atoms with Crippen LogP contribution in [0.5, 0.6) is 0 Å². The smallest absolute Gasteiger partial charge is 0.236 e. The molecule has 1 saturated carbocycles. The highest BCUT2D eigenvalue weighted by molar-refractivity contribution is 6.52. The fourth-order valence-corrected chi connectivity index (χ4v) is 4.49. The lowest BCUT2D eigenvalue weighted by Gasteiger charge is -2.13. The average molecular weight is 443 g/mol. The molecule has 3 rings (SSSR count). The molecule has 3 nitrogen and oxygen atoms in total. The van der Waals surface area contributed by atoms with Crippen LogP contribution in [-0.2, 0) is 11.6 Å². The molecule has 1 aromatic carbocycles. The number of hydrogen-bond donors (Lipinski definition) is 0. The Labute approximate surface area is 167 Å². The first-order valence-corrected chi connectivity index (χ1v) is 8.81. The standard InChI is InChI=1S/C16H10Cl4F3N3/c1-7-14(2,15(7,19)20)13-8(5-24)6-26(25-13)12-10(17)3-9(4-11(12)18)16(21,22)23/h3-4,6-7H,1-2H3.